The minimum Gasteiger partial charge on any atom is -0.476 e. The normalized spacial score (nSPS) is 30.2. The summed E-state index contributed by atoms with van der Waals surface area (Å²) in [5.74, 6) is -1.44. The molecule has 10 heteroatoms. The molecule has 1 atom stereocenters. The highest BCUT2D eigenvalue weighted by atomic mass is 32.1. The molecule has 1 aliphatic carbocycles. The van der Waals surface area contributed by atoms with Crippen LogP contribution in [0.25, 0.3) is 0 Å². The summed E-state index contributed by atoms with van der Waals surface area (Å²) in [5.41, 5.74) is -0.850. The van der Waals surface area contributed by atoms with Gasteiger partial charge in [-0.25, -0.2) is 14.6 Å². The summed E-state index contributed by atoms with van der Waals surface area (Å²) in [7, 11) is 1.47. The van der Waals surface area contributed by atoms with Crippen LogP contribution in [0.1, 0.15) is 60.1 Å². The van der Waals surface area contributed by atoms with E-state index in [0.717, 1.165) is 17.7 Å². The molecule has 2 N–H and O–H groups in total. The Morgan fingerprint density at radius 3 is 2.57 bits per heavy atom. The number of imide groups is 1. The van der Waals surface area contributed by atoms with Gasteiger partial charge in [0.1, 0.15) is 10.5 Å². The number of urea groups is 1. The molecule has 150 valence electrons. The van der Waals surface area contributed by atoms with Crippen LogP contribution in [-0.2, 0) is 9.59 Å². The second-order valence-electron chi connectivity index (χ2n) is 7.72. The summed E-state index contributed by atoms with van der Waals surface area (Å²) < 4.78 is 0. The Morgan fingerprint density at radius 2 is 2.00 bits per heavy atom. The molecule has 0 aromatic carbocycles. The number of nitrogens with zero attached hydrogens (tertiary/aromatic N) is 3. The summed E-state index contributed by atoms with van der Waals surface area (Å²) in [4.78, 5) is 55.6. The minimum atomic E-state index is -1.07. The zero-order valence-electron chi connectivity index (χ0n) is 15.5. The number of amides is 4. The number of likely N-dealkylation sites (tertiary alicyclic amines) is 1. The second kappa shape index (κ2) is 6.84. The van der Waals surface area contributed by atoms with Crippen molar-refractivity contribution in [2.24, 2.45) is 5.92 Å². The quantitative estimate of drug-likeness (QED) is 0.736. The van der Waals surface area contributed by atoms with Crippen LogP contribution in [0.2, 0.25) is 0 Å². The smallest absolute Gasteiger partial charge is 0.355 e. The highest BCUT2D eigenvalue weighted by Crippen LogP contribution is 2.40. The van der Waals surface area contributed by atoms with Gasteiger partial charge in [-0.05, 0) is 38.5 Å². The number of hydrogen-bond acceptors (Lipinski definition) is 6. The Hall–Kier alpha value is -2.49. The Balaban J connectivity index is 1.44. The van der Waals surface area contributed by atoms with Crippen molar-refractivity contribution >= 4 is 35.2 Å². The van der Waals surface area contributed by atoms with Crippen molar-refractivity contribution in [2.45, 2.75) is 50.1 Å². The average Bonchev–Trinajstić information content (AvgIpc) is 3.39. The van der Waals surface area contributed by atoms with E-state index in [4.69, 9.17) is 5.11 Å². The third-order valence-electron chi connectivity index (χ3n) is 6.12. The molecule has 3 heterocycles. The molecular formula is C18H22N4O5S. The van der Waals surface area contributed by atoms with E-state index in [2.05, 4.69) is 10.3 Å². The fourth-order valence-electron chi connectivity index (χ4n) is 4.51. The standard InChI is InChI=1S/C18H22N4O5S/c1-21-16(26)18(20-17(21)27)6-4-10(5-7-18)14(23)22-8-2-3-12(22)13-19-11(9-28-13)15(24)25/h9-10,12H,2-8H2,1H3,(H,20,27)(H,24,25). The molecule has 1 unspecified atom stereocenters. The number of aromatic nitrogens is 1. The molecule has 1 aromatic rings. The van der Waals surface area contributed by atoms with Gasteiger partial charge in [-0.3, -0.25) is 14.5 Å². The third-order valence-corrected chi connectivity index (χ3v) is 7.06. The van der Waals surface area contributed by atoms with Gasteiger partial charge >= 0.3 is 12.0 Å². The van der Waals surface area contributed by atoms with Crippen LogP contribution in [0, 0.1) is 5.92 Å². The number of hydrogen-bond donors (Lipinski definition) is 2. The van der Waals surface area contributed by atoms with Crippen LogP contribution in [0.15, 0.2) is 5.38 Å². The van der Waals surface area contributed by atoms with Gasteiger partial charge in [0, 0.05) is 24.9 Å². The molecule has 2 saturated heterocycles. The van der Waals surface area contributed by atoms with Gasteiger partial charge in [0.05, 0.1) is 6.04 Å². The van der Waals surface area contributed by atoms with E-state index in [1.807, 2.05) is 4.90 Å². The van der Waals surface area contributed by atoms with E-state index in [0.29, 0.717) is 37.2 Å². The highest BCUT2D eigenvalue weighted by Gasteiger charge is 2.52. The van der Waals surface area contributed by atoms with Crippen molar-refractivity contribution in [1.82, 2.24) is 20.1 Å². The summed E-state index contributed by atoms with van der Waals surface area (Å²) >= 11 is 1.28. The first-order valence-electron chi connectivity index (χ1n) is 9.42. The Bertz CT molecular complexity index is 845. The minimum absolute atomic E-state index is 0.0125. The molecule has 3 fully saturated rings. The van der Waals surface area contributed by atoms with Crippen LogP contribution < -0.4 is 5.32 Å². The van der Waals surface area contributed by atoms with Crippen molar-refractivity contribution in [3.05, 3.63) is 16.1 Å². The topological polar surface area (TPSA) is 120 Å². The van der Waals surface area contributed by atoms with Crippen molar-refractivity contribution in [3.63, 3.8) is 0 Å². The first kappa shape index (κ1) is 18.9. The van der Waals surface area contributed by atoms with Crippen molar-refractivity contribution < 1.29 is 24.3 Å². The molecule has 4 amide bonds. The summed E-state index contributed by atoms with van der Waals surface area (Å²) in [6.45, 7) is 0.630. The first-order valence-corrected chi connectivity index (χ1v) is 10.3. The van der Waals surface area contributed by atoms with Crippen LogP contribution in [-0.4, -0.2) is 62.8 Å². The van der Waals surface area contributed by atoms with Crippen LogP contribution in [0.5, 0.6) is 0 Å². The number of likely N-dealkylation sites (N-methyl/N-ethyl adjacent to an activating group) is 1. The number of carboxylic acid groups (broad SMARTS) is 1. The van der Waals surface area contributed by atoms with Gasteiger partial charge in [-0.1, -0.05) is 0 Å². The first-order chi connectivity index (χ1) is 13.3. The van der Waals surface area contributed by atoms with E-state index < -0.39 is 11.5 Å². The molecule has 1 saturated carbocycles. The lowest BCUT2D eigenvalue weighted by atomic mass is 9.76. The molecule has 1 spiro atoms. The fourth-order valence-corrected chi connectivity index (χ4v) is 5.45. The van der Waals surface area contributed by atoms with Gasteiger partial charge in [-0.15, -0.1) is 11.3 Å². The van der Waals surface area contributed by atoms with E-state index in [9.17, 15) is 19.2 Å². The van der Waals surface area contributed by atoms with Gasteiger partial charge in [0.2, 0.25) is 5.91 Å². The molecule has 0 radical (unpaired) electrons. The number of carboxylic acids is 1. The maximum absolute atomic E-state index is 13.1. The van der Waals surface area contributed by atoms with E-state index >= 15 is 0 Å². The van der Waals surface area contributed by atoms with Crippen LogP contribution in [0.4, 0.5) is 4.79 Å². The lowest BCUT2D eigenvalue weighted by Gasteiger charge is -2.36. The summed E-state index contributed by atoms with van der Waals surface area (Å²) in [6, 6.07) is -0.562. The van der Waals surface area contributed by atoms with Gasteiger partial charge < -0.3 is 15.3 Å². The van der Waals surface area contributed by atoms with Crippen LogP contribution in [0.3, 0.4) is 0 Å². The SMILES string of the molecule is CN1C(=O)NC2(CCC(C(=O)N3CCCC3c3nc(C(=O)O)cs3)CC2)C1=O. The van der Waals surface area contributed by atoms with E-state index in [1.165, 1.54) is 23.8 Å². The van der Waals surface area contributed by atoms with Gasteiger partial charge in [0.25, 0.3) is 5.91 Å². The largest absolute Gasteiger partial charge is 0.476 e. The molecule has 2 aliphatic heterocycles. The lowest BCUT2D eigenvalue weighted by molar-refractivity contribution is -0.140. The van der Waals surface area contributed by atoms with Crippen molar-refractivity contribution in [2.75, 3.05) is 13.6 Å². The van der Waals surface area contributed by atoms with Gasteiger partial charge in [-0.2, -0.15) is 0 Å². The predicted molar refractivity (Wildman–Crippen MR) is 98.8 cm³/mol. The zero-order valence-corrected chi connectivity index (χ0v) is 16.3. The van der Waals surface area contributed by atoms with Gasteiger partial charge in [0.15, 0.2) is 5.69 Å². The number of rotatable bonds is 3. The predicted octanol–water partition coefficient (Wildman–Crippen LogP) is 1.62. The summed E-state index contributed by atoms with van der Waals surface area (Å²) in [5, 5.41) is 14.0. The number of carbonyl (C=O) groups excluding carboxylic acids is 3. The maximum Gasteiger partial charge on any atom is 0.355 e. The third kappa shape index (κ3) is 2.95. The van der Waals surface area contributed by atoms with Crippen molar-refractivity contribution in [3.8, 4) is 0 Å². The maximum atomic E-state index is 13.1. The molecule has 28 heavy (non-hydrogen) atoms. The van der Waals surface area contributed by atoms with E-state index in [1.54, 1.807) is 0 Å². The molecule has 9 nitrogen and oxygen atoms in total. The van der Waals surface area contributed by atoms with Crippen LogP contribution >= 0.6 is 11.3 Å². The number of aromatic carboxylic acids is 1. The molecular weight excluding hydrogens is 384 g/mol. The lowest BCUT2D eigenvalue weighted by Crippen LogP contribution is -2.51. The molecule has 4 rings (SSSR count). The molecule has 0 bridgehead atoms. The Morgan fingerprint density at radius 1 is 1.29 bits per heavy atom. The second-order valence-corrected chi connectivity index (χ2v) is 8.61. The molecule has 1 aromatic heterocycles. The number of nitrogens with one attached hydrogen (secondary N) is 1. The number of thiazole rings is 1. The number of carbonyl (C=O) groups is 4. The van der Waals surface area contributed by atoms with E-state index in [-0.39, 0.29) is 35.5 Å². The summed E-state index contributed by atoms with van der Waals surface area (Å²) in [6.07, 6.45) is 3.62. The fraction of sp³-hybridized carbons (Fsp3) is 0.611. The average molecular weight is 406 g/mol. The highest BCUT2D eigenvalue weighted by molar-refractivity contribution is 7.09. The Kier molecular flexibility index (Phi) is 4.60. The molecule has 3 aliphatic rings. The monoisotopic (exact) mass is 406 g/mol. The Labute approximate surface area is 165 Å². The zero-order chi connectivity index (χ0) is 20.1. The van der Waals surface area contributed by atoms with Crippen molar-refractivity contribution in [1.29, 1.82) is 0 Å².